The molecule has 1 aliphatic rings. The van der Waals surface area contributed by atoms with Gasteiger partial charge in [0, 0.05) is 0 Å². The van der Waals surface area contributed by atoms with Gasteiger partial charge in [0.25, 0.3) is 0 Å². The topological polar surface area (TPSA) is 37.3 Å². The van der Waals surface area contributed by atoms with Crippen molar-refractivity contribution in [2.24, 2.45) is 5.92 Å². The standard InChI is InChI=1S/C19H26O2/c1-2-3-4-5-6-15-7-9-16(10-8-15)17-11-13-18(14-12-17)19(20)21/h2,11-16H,1,3-10H2,(H,20,21). The lowest BCUT2D eigenvalue weighted by molar-refractivity contribution is 0.0697. The maximum Gasteiger partial charge on any atom is 0.335 e. The lowest BCUT2D eigenvalue weighted by Gasteiger charge is -2.29. The molecule has 1 saturated carbocycles. The fraction of sp³-hybridized carbons (Fsp3) is 0.526. The van der Waals surface area contributed by atoms with Crippen LogP contribution in [-0.2, 0) is 0 Å². The molecule has 1 fully saturated rings. The predicted molar refractivity (Wildman–Crippen MR) is 86.8 cm³/mol. The molecule has 0 unspecified atom stereocenters. The van der Waals surface area contributed by atoms with Gasteiger partial charge in [0.15, 0.2) is 0 Å². The summed E-state index contributed by atoms with van der Waals surface area (Å²) in [6.07, 6.45) is 12.3. The van der Waals surface area contributed by atoms with Crippen LogP contribution in [0.4, 0.5) is 0 Å². The van der Waals surface area contributed by atoms with Crippen LogP contribution in [0.1, 0.15) is 73.2 Å². The lowest BCUT2D eigenvalue weighted by Crippen LogP contribution is -2.13. The van der Waals surface area contributed by atoms with Gasteiger partial charge in [0.2, 0.25) is 0 Å². The number of hydrogen-bond donors (Lipinski definition) is 1. The largest absolute Gasteiger partial charge is 0.478 e. The van der Waals surface area contributed by atoms with Crippen LogP contribution in [0, 0.1) is 5.92 Å². The maximum absolute atomic E-state index is 10.9. The summed E-state index contributed by atoms with van der Waals surface area (Å²) in [7, 11) is 0. The van der Waals surface area contributed by atoms with Crippen LogP contribution in [-0.4, -0.2) is 11.1 Å². The van der Waals surface area contributed by atoms with E-state index in [0.717, 1.165) is 12.3 Å². The Hall–Kier alpha value is -1.57. The summed E-state index contributed by atoms with van der Waals surface area (Å²) in [5.74, 6) is 0.673. The Morgan fingerprint density at radius 3 is 2.38 bits per heavy atom. The number of unbranched alkanes of at least 4 members (excludes halogenated alkanes) is 2. The zero-order valence-electron chi connectivity index (χ0n) is 12.8. The zero-order valence-corrected chi connectivity index (χ0v) is 12.8. The summed E-state index contributed by atoms with van der Waals surface area (Å²) in [4.78, 5) is 10.9. The van der Waals surface area contributed by atoms with Crippen molar-refractivity contribution in [3.05, 3.63) is 48.0 Å². The first-order valence-electron chi connectivity index (χ1n) is 8.15. The quantitative estimate of drug-likeness (QED) is 0.538. The van der Waals surface area contributed by atoms with Crippen molar-refractivity contribution in [3.63, 3.8) is 0 Å². The van der Waals surface area contributed by atoms with Crippen molar-refractivity contribution in [1.29, 1.82) is 0 Å². The SMILES string of the molecule is C=CCCCCC1CCC(c2ccc(C(=O)O)cc2)CC1. The van der Waals surface area contributed by atoms with Crippen molar-refractivity contribution in [3.8, 4) is 0 Å². The van der Waals surface area contributed by atoms with Crippen LogP contribution in [0.2, 0.25) is 0 Å². The highest BCUT2D eigenvalue weighted by atomic mass is 16.4. The van der Waals surface area contributed by atoms with E-state index in [0.29, 0.717) is 11.5 Å². The van der Waals surface area contributed by atoms with E-state index in [4.69, 9.17) is 5.11 Å². The van der Waals surface area contributed by atoms with Gasteiger partial charge in [0.05, 0.1) is 5.56 Å². The Morgan fingerprint density at radius 2 is 1.81 bits per heavy atom. The van der Waals surface area contributed by atoms with Crippen molar-refractivity contribution in [2.75, 3.05) is 0 Å². The van der Waals surface area contributed by atoms with Gasteiger partial charge in [-0.3, -0.25) is 0 Å². The number of carboxylic acids is 1. The lowest BCUT2D eigenvalue weighted by atomic mass is 9.77. The molecule has 0 spiro atoms. The van der Waals surface area contributed by atoms with Crippen LogP contribution in [0.3, 0.4) is 0 Å². The van der Waals surface area contributed by atoms with E-state index in [1.54, 1.807) is 12.1 Å². The fourth-order valence-corrected chi connectivity index (χ4v) is 3.40. The Kier molecular flexibility index (Phi) is 6.04. The summed E-state index contributed by atoms with van der Waals surface area (Å²) in [6.45, 7) is 3.77. The summed E-state index contributed by atoms with van der Waals surface area (Å²) in [6, 6.07) is 7.47. The Morgan fingerprint density at radius 1 is 1.14 bits per heavy atom. The van der Waals surface area contributed by atoms with Gasteiger partial charge >= 0.3 is 5.97 Å². The van der Waals surface area contributed by atoms with Crippen molar-refractivity contribution in [1.82, 2.24) is 0 Å². The molecule has 1 aromatic carbocycles. The van der Waals surface area contributed by atoms with Crippen molar-refractivity contribution < 1.29 is 9.90 Å². The summed E-state index contributed by atoms with van der Waals surface area (Å²) in [5, 5.41) is 8.94. The molecular formula is C19H26O2. The summed E-state index contributed by atoms with van der Waals surface area (Å²) in [5.41, 5.74) is 1.69. The number of carbonyl (C=O) groups is 1. The second kappa shape index (κ2) is 8.02. The van der Waals surface area contributed by atoms with Crippen LogP contribution in [0.25, 0.3) is 0 Å². The van der Waals surface area contributed by atoms with E-state index in [1.165, 1.54) is 50.5 Å². The van der Waals surface area contributed by atoms with Gasteiger partial charge in [-0.1, -0.05) is 31.1 Å². The van der Waals surface area contributed by atoms with E-state index < -0.39 is 5.97 Å². The zero-order chi connectivity index (χ0) is 15.1. The summed E-state index contributed by atoms with van der Waals surface area (Å²) < 4.78 is 0. The number of allylic oxidation sites excluding steroid dienone is 1. The highest BCUT2D eigenvalue weighted by Crippen LogP contribution is 2.37. The van der Waals surface area contributed by atoms with E-state index in [1.807, 2.05) is 18.2 Å². The van der Waals surface area contributed by atoms with Gasteiger partial charge < -0.3 is 5.11 Å². The van der Waals surface area contributed by atoms with E-state index >= 15 is 0 Å². The second-order valence-corrected chi connectivity index (χ2v) is 6.22. The first-order chi connectivity index (χ1) is 10.2. The maximum atomic E-state index is 10.9. The average molecular weight is 286 g/mol. The van der Waals surface area contributed by atoms with Crippen molar-refractivity contribution >= 4 is 5.97 Å². The van der Waals surface area contributed by atoms with E-state index in [-0.39, 0.29) is 0 Å². The Labute approximate surface area is 127 Å². The molecule has 1 N–H and O–H groups in total. The number of benzene rings is 1. The molecule has 0 amide bonds. The first kappa shape index (κ1) is 15.8. The minimum Gasteiger partial charge on any atom is -0.478 e. The molecule has 1 aliphatic carbocycles. The highest BCUT2D eigenvalue weighted by Gasteiger charge is 2.22. The fourth-order valence-electron chi connectivity index (χ4n) is 3.40. The monoisotopic (exact) mass is 286 g/mol. The highest BCUT2D eigenvalue weighted by molar-refractivity contribution is 5.87. The molecule has 0 saturated heterocycles. The Bertz CT molecular complexity index is 453. The third-order valence-corrected chi connectivity index (χ3v) is 4.75. The third-order valence-electron chi connectivity index (χ3n) is 4.75. The molecule has 2 nitrogen and oxygen atoms in total. The minimum atomic E-state index is -0.843. The van der Waals surface area contributed by atoms with Gasteiger partial charge in [-0.05, 0) is 68.1 Å². The average Bonchev–Trinajstić information content (AvgIpc) is 2.52. The minimum absolute atomic E-state index is 0.384. The molecule has 0 aliphatic heterocycles. The Balaban J connectivity index is 1.78. The molecule has 2 rings (SSSR count). The van der Waals surface area contributed by atoms with Crippen LogP contribution in [0.15, 0.2) is 36.9 Å². The second-order valence-electron chi connectivity index (χ2n) is 6.22. The molecule has 0 heterocycles. The van der Waals surface area contributed by atoms with Crippen molar-refractivity contribution in [2.45, 2.75) is 57.3 Å². The van der Waals surface area contributed by atoms with E-state index in [9.17, 15) is 4.79 Å². The van der Waals surface area contributed by atoms with Gasteiger partial charge in [-0.2, -0.15) is 0 Å². The molecule has 0 bridgehead atoms. The molecule has 0 atom stereocenters. The molecule has 21 heavy (non-hydrogen) atoms. The molecule has 2 heteroatoms. The van der Waals surface area contributed by atoms with Gasteiger partial charge in [0.1, 0.15) is 0 Å². The van der Waals surface area contributed by atoms with Crippen LogP contribution >= 0.6 is 0 Å². The van der Waals surface area contributed by atoms with Gasteiger partial charge in [-0.25, -0.2) is 4.79 Å². The third kappa shape index (κ3) is 4.73. The molecular weight excluding hydrogens is 260 g/mol. The number of carboxylic acid groups (broad SMARTS) is 1. The molecule has 0 aromatic heterocycles. The molecule has 114 valence electrons. The molecule has 0 radical (unpaired) electrons. The van der Waals surface area contributed by atoms with Crippen LogP contribution < -0.4 is 0 Å². The van der Waals surface area contributed by atoms with Crippen LogP contribution in [0.5, 0.6) is 0 Å². The molecule has 1 aromatic rings. The first-order valence-corrected chi connectivity index (χ1v) is 8.15. The summed E-state index contributed by atoms with van der Waals surface area (Å²) >= 11 is 0. The number of rotatable bonds is 7. The smallest absolute Gasteiger partial charge is 0.335 e. The predicted octanol–water partition coefficient (Wildman–Crippen LogP) is 5.41. The number of aromatic carboxylic acids is 1. The van der Waals surface area contributed by atoms with E-state index in [2.05, 4.69) is 6.58 Å². The normalized spacial score (nSPS) is 21.9. The van der Waals surface area contributed by atoms with Gasteiger partial charge in [-0.15, -0.1) is 6.58 Å². The number of hydrogen-bond acceptors (Lipinski definition) is 1.